The van der Waals surface area contributed by atoms with Crippen molar-refractivity contribution in [1.29, 1.82) is 0 Å². The van der Waals surface area contributed by atoms with E-state index in [1.807, 2.05) is 32.9 Å². The van der Waals surface area contributed by atoms with Crippen molar-refractivity contribution >= 4 is 33.2 Å². The topological polar surface area (TPSA) is 81.1 Å². The van der Waals surface area contributed by atoms with Gasteiger partial charge < -0.3 is 5.32 Å². The monoisotopic (exact) mass is 429 g/mol. The molecule has 1 amide bonds. The minimum absolute atomic E-state index is 0.138. The average Bonchev–Trinajstić information content (AvgIpc) is 3.07. The molecule has 8 heteroatoms. The van der Waals surface area contributed by atoms with Gasteiger partial charge in [-0.25, -0.2) is 13.1 Å². The number of carbonyl (C=O) groups excluding carboxylic acids is 1. The quantitative estimate of drug-likeness (QED) is 0.678. The predicted molar refractivity (Wildman–Crippen MR) is 114 cm³/mol. The molecule has 150 valence electrons. The van der Waals surface area contributed by atoms with Gasteiger partial charge in [0.05, 0.1) is 22.9 Å². The molecule has 1 N–H and O–H groups in total. The van der Waals surface area contributed by atoms with Crippen molar-refractivity contribution in [3.05, 3.63) is 74.9 Å². The Kier molecular flexibility index (Phi) is 4.75. The van der Waals surface area contributed by atoms with Gasteiger partial charge in [0.1, 0.15) is 5.82 Å². The third kappa shape index (κ3) is 3.68. The van der Waals surface area contributed by atoms with Crippen molar-refractivity contribution in [1.82, 2.24) is 9.78 Å². The summed E-state index contributed by atoms with van der Waals surface area (Å²) in [5.41, 5.74) is 5.00. The molecule has 1 aromatic heterocycles. The van der Waals surface area contributed by atoms with Gasteiger partial charge >= 0.3 is 0 Å². The van der Waals surface area contributed by atoms with E-state index in [9.17, 15) is 13.2 Å². The first kappa shape index (κ1) is 19.7. The second-order valence-electron chi connectivity index (χ2n) is 7.43. The van der Waals surface area contributed by atoms with Crippen LogP contribution in [0.2, 0.25) is 5.02 Å². The summed E-state index contributed by atoms with van der Waals surface area (Å²) in [6, 6.07) is 10.9. The number of aromatic nitrogens is 2. The number of benzene rings is 2. The van der Waals surface area contributed by atoms with E-state index in [4.69, 9.17) is 11.6 Å². The molecule has 0 radical (unpaired) electrons. The molecule has 0 atom stereocenters. The highest BCUT2D eigenvalue weighted by Gasteiger charge is 2.33. The number of hydrogen-bond acceptors (Lipinski definition) is 4. The lowest BCUT2D eigenvalue weighted by Gasteiger charge is -2.14. The van der Waals surface area contributed by atoms with Crippen LogP contribution in [-0.2, 0) is 21.3 Å². The Morgan fingerprint density at radius 1 is 1.10 bits per heavy atom. The maximum absolute atomic E-state index is 13.1. The lowest BCUT2D eigenvalue weighted by Crippen LogP contribution is -2.19. The first-order chi connectivity index (χ1) is 13.6. The standard InChI is InChI=1S/C21H20ClN3O3S/c1-12-7-13(2)19(14(3)8-12)21(26)23-20-17-10-29(27,28)11-18(17)24-25(20)16-6-4-5-15(22)9-16/h4-9H,10-11H2,1-3H3,(H,23,26). The van der Waals surface area contributed by atoms with Crippen molar-refractivity contribution in [2.45, 2.75) is 32.3 Å². The largest absolute Gasteiger partial charge is 0.306 e. The lowest BCUT2D eigenvalue weighted by molar-refractivity contribution is 0.102. The number of carbonyl (C=O) groups is 1. The number of fused-ring (bicyclic) bond motifs is 1. The summed E-state index contributed by atoms with van der Waals surface area (Å²) in [5.74, 6) is -0.214. The molecule has 2 heterocycles. The molecule has 1 aliphatic heterocycles. The third-order valence-corrected chi connectivity index (χ3v) is 6.65. The number of nitrogens with one attached hydrogen (secondary N) is 1. The van der Waals surface area contributed by atoms with Gasteiger partial charge in [-0.15, -0.1) is 0 Å². The Morgan fingerprint density at radius 2 is 1.79 bits per heavy atom. The van der Waals surface area contributed by atoms with Crippen molar-refractivity contribution < 1.29 is 13.2 Å². The van der Waals surface area contributed by atoms with Crippen molar-refractivity contribution in [3.63, 3.8) is 0 Å². The van der Waals surface area contributed by atoms with Crippen molar-refractivity contribution in [2.75, 3.05) is 5.32 Å². The minimum Gasteiger partial charge on any atom is -0.306 e. The highest BCUT2D eigenvalue weighted by atomic mass is 35.5. The van der Waals surface area contributed by atoms with Gasteiger partial charge in [-0.1, -0.05) is 35.4 Å². The normalized spacial score (nSPS) is 14.6. The van der Waals surface area contributed by atoms with E-state index in [1.54, 1.807) is 28.9 Å². The maximum Gasteiger partial charge on any atom is 0.257 e. The first-order valence-electron chi connectivity index (χ1n) is 9.11. The number of nitrogens with zero attached hydrogens (tertiary/aromatic N) is 2. The summed E-state index contributed by atoms with van der Waals surface area (Å²) >= 11 is 6.12. The van der Waals surface area contributed by atoms with Gasteiger partial charge in [0.25, 0.3) is 5.91 Å². The highest BCUT2D eigenvalue weighted by Crippen LogP contribution is 2.34. The van der Waals surface area contributed by atoms with Crippen LogP contribution >= 0.6 is 11.6 Å². The Morgan fingerprint density at radius 3 is 2.45 bits per heavy atom. The molecular formula is C21H20ClN3O3S. The Hall–Kier alpha value is -2.64. The Bertz CT molecular complexity index is 1240. The summed E-state index contributed by atoms with van der Waals surface area (Å²) < 4.78 is 25.8. The van der Waals surface area contributed by atoms with Crippen molar-refractivity contribution in [2.24, 2.45) is 0 Å². The molecule has 0 spiro atoms. The Balaban J connectivity index is 1.82. The molecule has 2 aromatic carbocycles. The number of anilines is 1. The fourth-order valence-corrected chi connectivity index (χ4v) is 5.55. The highest BCUT2D eigenvalue weighted by molar-refractivity contribution is 7.90. The number of hydrogen-bond donors (Lipinski definition) is 1. The van der Waals surface area contributed by atoms with Gasteiger partial charge in [0, 0.05) is 16.1 Å². The van der Waals surface area contributed by atoms with Gasteiger partial charge in [0.2, 0.25) is 0 Å². The van der Waals surface area contributed by atoms with Gasteiger partial charge in [-0.2, -0.15) is 5.10 Å². The zero-order valence-corrected chi connectivity index (χ0v) is 17.9. The number of halogens is 1. The van der Waals surface area contributed by atoms with E-state index in [0.29, 0.717) is 33.3 Å². The zero-order chi connectivity index (χ0) is 20.9. The van der Waals surface area contributed by atoms with Crippen LogP contribution in [0.15, 0.2) is 36.4 Å². The van der Waals surface area contributed by atoms with E-state index in [1.165, 1.54) is 0 Å². The maximum atomic E-state index is 13.1. The molecule has 29 heavy (non-hydrogen) atoms. The number of sulfone groups is 1. The van der Waals surface area contributed by atoms with E-state index >= 15 is 0 Å². The molecule has 1 aliphatic rings. The molecule has 0 fully saturated rings. The zero-order valence-electron chi connectivity index (χ0n) is 16.3. The molecular weight excluding hydrogens is 410 g/mol. The van der Waals surface area contributed by atoms with Crippen LogP contribution in [0.5, 0.6) is 0 Å². The summed E-state index contributed by atoms with van der Waals surface area (Å²) in [7, 11) is -3.27. The van der Waals surface area contributed by atoms with Crippen LogP contribution in [0, 0.1) is 20.8 Å². The summed E-state index contributed by atoms with van der Waals surface area (Å²) in [5, 5.41) is 7.91. The van der Waals surface area contributed by atoms with Crippen LogP contribution in [-0.4, -0.2) is 24.1 Å². The van der Waals surface area contributed by atoms with Gasteiger partial charge in [0.15, 0.2) is 9.84 Å². The number of amides is 1. The number of rotatable bonds is 3. The molecule has 0 aliphatic carbocycles. The molecule has 0 unspecified atom stereocenters. The summed E-state index contributed by atoms with van der Waals surface area (Å²) in [6.07, 6.45) is 0. The summed E-state index contributed by atoms with van der Waals surface area (Å²) in [6.45, 7) is 5.75. The SMILES string of the molecule is Cc1cc(C)c(C(=O)Nc2c3c(nn2-c2cccc(Cl)c2)CS(=O)(=O)C3)c(C)c1. The predicted octanol–water partition coefficient (Wildman–Crippen LogP) is 4.13. The van der Waals surface area contributed by atoms with Crippen molar-refractivity contribution in [3.8, 4) is 5.69 Å². The molecule has 0 saturated heterocycles. The van der Waals surface area contributed by atoms with E-state index in [-0.39, 0.29) is 17.4 Å². The second-order valence-corrected chi connectivity index (χ2v) is 9.93. The summed E-state index contributed by atoms with van der Waals surface area (Å²) in [4.78, 5) is 13.1. The molecule has 4 rings (SSSR count). The van der Waals surface area contributed by atoms with Crippen LogP contribution in [0.1, 0.15) is 38.3 Å². The molecule has 6 nitrogen and oxygen atoms in total. The molecule has 0 saturated carbocycles. The van der Waals surface area contributed by atoms with Gasteiger partial charge in [-0.05, 0) is 50.1 Å². The van der Waals surface area contributed by atoms with Crippen LogP contribution in [0.25, 0.3) is 5.69 Å². The fraction of sp³-hybridized carbons (Fsp3) is 0.238. The van der Waals surface area contributed by atoms with Gasteiger partial charge in [-0.3, -0.25) is 4.79 Å². The average molecular weight is 430 g/mol. The van der Waals surface area contributed by atoms with E-state index in [2.05, 4.69) is 10.4 Å². The Labute approximate surface area is 174 Å². The minimum atomic E-state index is -3.27. The van der Waals surface area contributed by atoms with Crippen LogP contribution in [0.3, 0.4) is 0 Å². The van der Waals surface area contributed by atoms with Crippen LogP contribution in [0.4, 0.5) is 5.82 Å². The van der Waals surface area contributed by atoms with E-state index < -0.39 is 9.84 Å². The van der Waals surface area contributed by atoms with E-state index in [0.717, 1.165) is 16.7 Å². The fourth-order valence-electron chi connectivity index (χ4n) is 3.87. The second kappa shape index (κ2) is 7.00. The molecule has 0 bridgehead atoms. The first-order valence-corrected chi connectivity index (χ1v) is 11.3. The van der Waals surface area contributed by atoms with Crippen LogP contribution < -0.4 is 5.32 Å². The molecule has 3 aromatic rings. The lowest BCUT2D eigenvalue weighted by atomic mass is 9.99. The third-order valence-electron chi connectivity index (χ3n) is 4.98. The number of aryl methyl sites for hydroxylation is 3. The smallest absolute Gasteiger partial charge is 0.257 e.